The Bertz CT molecular complexity index is 485. The lowest BCUT2D eigenvalue weighted by molar-refractivity contribution is -0.383. The van der Waals surface area contributed by atoms with Gasteiger partial charge in [0.25, 0.3) is 5.69 Å². The second kappa shape index (κ2) is 5.95. The van der Waals surface area contributed by atoms with E-state index in [1.165, 1.54) is 12.1 Å². The molecule has 0 bridgehead atoms. The van der Waals surface area contributed by atoms with E-state index in [0.717, 1.165) is 18.9 Å². The minimum Gasteiger partial charge on any atom is -0.379 e. The zero-order valence-corrected chi connectivity index (χ0v) is 10.8. The van der Waals surface area contributed by atoms with Gasteiger partial charge in [-0.15, -0.1) is 0 Å². The third-order valence-electron chi connectivity index (χ3n) is 2.36. The fraction of sp³-hybridized carbons (Fsp3) is 0.400. The fourth-order valence-electron chi connectivity index (χ4n) is 1.40. The molecule has 1 rings (SSSR count). The molecule has 7 nitrogen and oxygen atoms in total. The summed E-state index contributed by atoms with van der Waals surface area (Å²) in [5, 5.41) is 13.4. The molecule has 0 fully saturated rings. The zero-order valence-electron chi connectivity index (χ0n) is 9.87. The second-order valence-electron chi connectivity index (χ2n) is 3.78. The number of unbranched alkanes of at least 4 members (excludes halogenated alkanes) is 1. The minimum atomic E-state index is -4.47. The maximum absolute atomic E-state index is 11.0. The molecule has 1 aromatic carbocycles. The minimum absolute atomic E-state index is 0.269. The highest BCUT2D eigenvalue weighted by Crippen LogP contribution is 2.36. The molecule has 0 aliphatic heterocycles. The van der Waals surface area contributed by atoms with Crippen LogP contribution in [0, 0.1) is 10.1 Å². The van der Waals surface area contributed by atoms with Gasteiger partial charge in [-0.25, -0.2) is 0 Å². The standard InChI is InChI=1S/C10H15N2O5P/c1-2-3-6-11-9-5-4-8(18(15,16)17)7-10(9)12(13)14/h4-5,7,11H,2-3,6H2,1H3,(H2,15,16,17). The molecule has 0 saturated carbocycles. The van der Waals surface area contributed by atoms with Gasteiger partial charge in [0.15, 0.2) is 0 Å². The number of nitrogens with one attached hydrogen (secondary N) is 1. The van der Waals surface area contributed by atoms with Crippen molar-refractivity contribution in [3.05, 3.63) is 28.3 Å². The highest BCUT2D eigenvalue weighted by atomic mass is 31.2. The first-order valence-electron chi connectivity index (χ1n) is 5.44. The van der Waals surface area contributed by atoms with Crippen molar-refractivity contribution in [2.24, 2.45) is 0 Å². The van der Waals surface area contributed by atoms with Crippen molar-refractivity contribution in [3.8, 4) is 0 Å². The molecule has 0 heterocycles. The molecular weight excluding hydrogens is 259 g/mol. The van der Waals surface area contributed by atoms with Gasteiger partial charge in [-0.3, -0.25) is 14.7 Å². The van der Waals surface area contributed by atoms with Gasteiger partial charge in [-0.1, -0.05) is 13.3 Å². The highest BCUT2D eigenvalue weighted by Gasteiger charge is 2.23. The predicted octanol–water partition coefficient (Wildman–Crippen LogP) is 1.61. The van der Waals surface area contributed by atoms with Crippen LogP contribution in [0.2, 0.25) is 0 Å². The van der Waals surface area contributed by atoms with Crippen LogP contribution in [0.15, 0.2) is 18.2 Å². The SMILES string of the molecule is CCCCNc1ccc(P(=O)(O)O)cc1[N+](=O)[O-]. The lowest BCUT2D eigenvalue weighted by atomic mass is 10.2. The lowest BCUT2D eigenvalue weighted by Gasteiger charge is -2.09. The number of hydrogen-bond acceptors (Lipinski definition) is 4. The van der Waals surface area contributed by atoms with E-state index >= 15 is 0 Å². The van der Waals surface area contributed by atoms with Crippen LogP contribution in [0.1, 0.15) is 19.8 Å². The summed E-state index contributed by atoms with van der Waals surface area (Å²) in [7, 11) is -4.47. The van der Waals surface area contributed by atoms with Gasteiger partial charge in [-0.05, 0) is 18.6 Å². The molecule has 18 heavy (non-hydrogen) atoms. The molecule has 100 valence electrons. The average Bonchev–Trinajstić information content (AvgIpc) is 2.28. The van der Waals surface area contributed by atoms with Crippen molar-refractivity contribution in [2.45, 2.75) is 19.8 Å². The van der Waals surface area contributed by atoms with Crippen molar-refractivity contribution in [1.29, 1.82) is 0 Å². The van der Waals surface area contributed by atoms with E-state index < -0.39 is 12.5 Å². The summed E-state index contributed by atoms with van der Waals surface area (Å²) in [6, 6.07) is 3.43. The Morgan fingerprint density at radius 2 is 2.11 bits per heavy atom. The van der Waals surface area contributed by atoms with Gasteiger partial charge in [0.2, 0.25) is 0 Å². The Morgan fingerprint density at radius 3 is 2.61 bits per heavy atom. The van der Waals surface area contributed by atoms with Gasteiger partial charge in [0, 0.05) is 12.6 Å². The molecule has 1 aromatic rings. The van der Waals surface area contributed by atoms with Gasteiger partial charge < -0.3 is 15.1 Å². The number of rotatable bonds is 6. The number of nitro benzene ring substituents is 1. The molecule has 0 atom stereocenters. The third kappa shape index (κ3) is 3.80. The van der Waals surface area contributed by atoms with Gasteiger partial charge in [0.05, 0.1) is 10.2 Å². The number of nitrogens with zero attached hydrogens (tertiary/aromatic N) is 1. The van der Waals surface area contributed by atoms with Crippen LogP contribution in [0.5, 0.6) is 0 Å². The molecule has 0 amide bonds. The third-order valence-corrected chi connectivity index (χ3v) is 3.31. The van der Waals surface area contributed by atoms with Crippen molar-refractivity contribution >= 4 is 24.3 Å². The molecule has 8 heteroatoms. The van der Waals surface area contributed by atoms with E-state index in [0.29, 0.717) is 6.54 Å². The summed E-state index contributed by atoms with van der Waals surface area (Å²) >= 11 is 0. The Balaban J connectivity index is 3.05. The van der Waals surface area contributed by atoms with E-state index in [1.807, 2.05) is 6.92 Å². The van der Waals surface area contributed by atoms with Crippen LogP contribution in [0.4, 0.5) is 11.4 Å². The Morgan fingerprint density at radius 1 is 1.44 bits per heavy atom. The average molecular weight is 274 g/mol. The van der Waals surface area contributed by atoms with Crippen molar-refractivity contribution in [3.63, 3.8) is 0 Å². The largest absolute Gasteiger partial charge is 0.379 e. The quantitative estimate of drug-likeness (QED) is 0.314. The topological polar surface area (TPSA) is 113 Å². The first-order valence-corrected chi connectivity index (χ1v) is 7.06. The summed E-state index contributed by atoms with van der Waals surface area (Å²) in [6.45, 7) is 2.57. The van der Waals surface area contributed by atoms with Crippen molar-refractivity contribution in [1.82, 2.24) is 0 Å². The van der Waals surface area contributed by atoms with E-state index in [1.54, 1.807) is 0 Å². The molecule has 0 radical (unpaired) electrons. The van der Waals surface area contributed by atoms with Crippen LogP contribution in [-0.4, -0.2) is 21.3 Å². The van der Waals surface area contributed by atoms with Gasteiger partial charge in [0.1, 0.15) is 5.69 Å². The number of hydrogen-bond donors (Lipinski definition) is 3. The molecular formula is C10H15N2O5P. The lowest BCUT2D eigenvalue weighted by Crippen LogP contribution is -2.09. The van der Waals surface area contributed by atoms with E-state index in [-0.39, 0.29) is 16.7 Å². The highest BCUT2D eigenvalue weighted by molar-refractivity contribution is 7.60. The Kier molecular flexibility index (Phi) is 4.84. The number of nitro groups is 1. The van der Waals surface area contributed by atoms with Gasteiger partial charge in [-0.2, -0.15) is 0 Å². The van der Waals surface area contributed by atoms with Crippen LogP contribution in [0.25, 0.3) is 0 Å². The van der Waals surface area contributed by atoms with Crippen molar-refractivity contribution in [2.75, 3.05) is 11.9 Å². The molecule has 0 spiro atoms. The van der Waals surface area contributed by atoms with Crippen molar-refractivity contribution < 1.29 is 19.3 Å². The van der Waals surface area contributed by atoms with Crippen LogP contribution >= 0.6 is 7.60 Å². The molecule has 0 saturated heterocycles. The monoisotopic (exact) mass is 274 g/mol. The molecule has 0 aliphatic carbocycles. The summed E-state index contributed by atoms with van der Waals surface area (Å²) in [5.41, 5.74) is -0.0578. The zero-order chi connectivity index (χ0) is 13.8. The first-order chi connectivity index (χ1) is 8.36. The van der Waals surface area contributed by atoms with Crippen LogP contribution in [-0.2, 0) is 4.57 Å². The Labute approximate surface area is 104 Å². The summed E-state index contributed by atoms with van der Waals surface area (Å²) in [4.78, 5) is 28.1. The predicted molar refractivity (Wildman–Crippen MR) is 68.2 cm³/mol. The number of benzene rings is 1. The fourth-order valence-corrected chi connectivity index (χ4v) is 1.96. The van der Waals surface area contributed by atoms with E-state index in [9.17, 15) is 14.7 Å². The number of anilines is 1. The van der Waals surface area contributed by atoms with Crippen LogP contribution in [0.3, 0.4) is 0 Å². The molecule has 0 aliphatic rings. The summed E-state index contributed by atoms with van der Waals surface area (Å²) < 4.78 is 11.0. The maximum atomic E-state index is 11.0. The molecule has 0 unspecified atom stereocenters. The maximum Gasteiger partial charge on any atom is 0.356 e. The van der Waals surface area contributed by atoms with E-state index in [4.69, 9.17) is 9.79 Å². The molecule has 3 N–H and O–H groups in total. The second-order valence-corrected chi connectivity index (χ2v) is 5.39. The normalized spacial score (nSPS) is 11.3. The van der Waals surface area contributed by atoms with Gasteiger partial charge >= 0.3 is 7.60 Å². The molecule has 0 aromatic heterocycles. The Hall–Kier alpha value is -1.43. The summed E-state index contributed by atoms with van der Waals surface area (Å²) in [6.07, 6.45) is 1.80. The van der Waals surface area contributed by atoms with Crippen LogP contribution < -0.4 is 10.6 Å². The van der Waals surface area contributed by atoms with E-state index in [2.05, 4.69) is 5.32 Å². The summed E-state index contributed by atoms with van der Waals surface area (Å²) in [5.74, 6) is 0. The first kappa shape index (κ1) is 14.6. The smallest absolute Gasteiger partial charge is 0.356 e.